The van der Waals surface area contributed by atoms with E-state index in [0.717, 1.165) is 11.8 Å². The van der Waals surface area contributed by atoms with Crippen LogP contribution in [-0.2, 0) is 9.59 Å². The van der Waals surface area contributed by atoms with Crippen molar-refractivity contribution in [2.24, 2.45) is 0 Å². The van der Waals surface area contributed by atoms with Crippen molar-refractivity contribution in [1.82, 2.24) is 39.4 Å². The van der Waals surface area contributed by atoms with E-state index >= 15 is 4.39 Å². The number of rotatable bonds is 8. The number of amides is 2. The van der Waals surface area contributed by atoms with Crippen molar-refractivity contribution in [1.29, 1.82) is 5.26 Å². The molecule has 13 nitrogen and oxygen atoms in total. The summed E-state index contributed by atoms with van der Waals surface area (Å²) in [4.78, 5) is 31.7. The summed E-state index contributed by atoms with van der Waals surface area (Å²) in [5.41, 5.74) is 1.20. The monoisotopic (exact) mass is 599 g/mol. The Labute approximate surface area is 251 Å². The summed E-state index contributed by atoms with van der Waals surface area (Å²) in [7, 11) is 0. The number of carbonyl (C=O) groups excluding carboxylic acids is 2. The zero-order valence-electron chi connectivity index (χ0n) is 24.0. The molecule has 2 aliphatic heterocycles. The predicted octanol–water partition coefficient (Wildman–Crippen LogP) is 2.18. The van der Waals surface area contributed by atoms with Crippen LogP contribution in [0.2, 0.25) is 0 Å². The Balaban J connectivity index is 1.21. The molecule has 14 heteroatoms. The first kappa shape index (κ1) is 28.9. The maximum absolute atomic E-state index is 15.2. The largest absolute Gasteiger partial charge is 0.479 e. The lowest BCUT2D eigenvalue weighted by Gasteiger charge is -2.45. The number of nitrogens with zero attached hydrogens (tertiary/aromatic N) is 9. The molecule has 6 heterocycles. The Hall–Kier alpha value is -5.16. The van der Waals surface area contributed by atoms with Crippen LogP contribution in [0.25, 0.3) is 16.8 Å². The molecule has 226 valence electrons. The summed E-state index contributed by atoms with van der Waals surface area (Å²) in [5.74, 6) is -0.658. The molecule has 2 fully saturated rings. The quantitative estimate of drug-likeness (QED) is 0.300. The van der Waals surface area contributed by atoms with Crippen LogP contribution in [0.1, 0.15) is 41.9 Å². The minimum atomic E-state index is -2.07. The predicted molar refractivity (Wildman–Crippen MR) is 154 cm³/mol. The van der Waals surface area contributed by atoms with Crippen molar-refractivity contribution in [3.8, 4) is 23.1 Å². The highest BCUT2D eigenvalue weighted by Crippen LogP contribution is 2.35. The molecule has 6 rings (SSSR count). The number of aliphatic hydroxyl groups is 1. The molecular weight excluding hydrogens is 569 g/mol. The van der Waals surface area contributed by atoms with Gasteiger partial charge in [0.15, 0.2) is 6.10 Å². The Bertz CT molecular complexity index is 1770. The van der Waals surface area contributed by atoms with Crippen LogP contribution in [-0.4, -0.2) is 94.8 Å². The summed E-state index contributed by atoms with van der Waals surface area (Å²) in [5, 5.41) is 33.0. The fourth-order valence-electron chi connectivity index (χ4n) is 5.83. The lowest BCUT2D eigenvalue weighted by molar-refractivity contribution is -0.162. The van der Waals surface area contributed by atoms with Gasteiger partial charge in [-0.05, 0) is 44.0 Å². The van der Waals surface area contributed by atoms with Gasteiger partial charge >= 0.3 is 0 Å². The van der Waals surface area contributed by atoms with Crippen LogP contribution < -0.4 is 4.74 Å². The average Bonchev–Trinajstić information content (AvgIpc) is 3.64. The normalized spacial score (nSPS) is 17.1. The van der Waals surface area contributed by atoms with Gasteiger partial charge in [0.05, 0.1) is 43.3 Å². The minimum Gasteiger partial charge on any atom is -0.479 e. The van der Waals surface area contributed by atoms with Crippen LogP contribution in [0, 0.1) is 18.3 Å². The zero-order chi connectivity index (χ0) is 31.0. The summed E-state index contributed by atoms with van der Waals surface area (Å²) in [6.45, 7) is 5.14. The number of pyridine rings is 2. The van der Waals surface area contributed by atoms with Gasteiger partial charge in [0.1, 0.15) is 28.6 Å². The van der Waals surface area contributed by atoms with Crippen molar-refractivity contribution in [2.45, 2.75) is 37.6 Å². The van der Waals surface area contributed by atoms with Crippen LogP contribution in [0.4, 0.5) is 4.39 Å². The fourth-order valence-corrected chi connectivity index (χ4v) is 5.83. The minimum absolute atomic E-state index is 0.0617. The highest BCUT2D eigenvalue weighted by atomic mass is 19.1. The third-order valence-electron chi connectivity index (χ3n) is 8.20. The van der Waals surface area contributed by atoms with E-state index in [9.17, 15) is 20.0 Å². The molecule has 1 unspecified atom stereocenters. The number of halogens is 1. The van der Waals surface area contributed by atoms with Crippen LogP contribution in [0.5, 0.6) is 5.75 Å². The highest BCUT2D eigenvalue weighted by Gasteiger charge is 2.53. The van der Waals surface area contributed by atoms with Gasteiger partial charge in [0.2, 0.25) is 11.6 Å². The molecule has 0 radical (unpaired) electrons. The zero-order valence-corrected chi connectivity index (χ0v) is 24.0. The molecule has 0 aliphatic carbocycles. The topological polar surface area (TPSA) is 155 Å². The van der Waals surface area contributed by atoms with E-state index in [1.54, 1.807) is 36.7 Å². The fraction of sp³-hybridized carbons (Fsp3) is 0.367. The average molecular weight is 600 g/mol. The molecule has 1 N–H and O–H groups in total. The van der Waals surface area contributed by atoms with E-state index in [0.29, 0.717) is 59.7 Å². The van der Waals surface area contributed by atoms with E-state index < -0.39 is 17.7 Å². The molecule has 0 aromatic carbocycles. The number of carbonyl (C=O) groups is 2. The molecular formula is C30H30FN9O4. The number of nitriles is 1. The smallest absolute Gasteiger partial charge is 0.264 e. The third-order valence-corrected chi connectivity index (χ3v) is 8.20. The van der Waals surface area contributed by atoms with E-state index in [1.165, 1.54) is 20.5 Å². The van der Waals surface area contributed by atoms with Gasteiger partial charge < -0.3 is 19.6 Å². The summed E-state index contributed by atoms with van der Waals surface area (Å²) >= 11 is 0. The van der Waals surface area contributed by atoms with Crippen LogP contribution in [0.15, 0.2) is 55.5 Å². The maximum atomic E-state index is 15.2. The third kappa shape index (κ3) is 5.05. The van der Waals surface area contributed by atoms with Crippen molar-refractivity contribution < 1.29 is 23.8 Å². The van der Waals surface area contributed by atoms with Gasteiger partial charge in [-0.3, -0.25) is 14.6 Å². The molecule has 0 saturated carbocycles. The van der Waals surface area contributed by atoms with E-state index in [2.05, 4.69) is 33.0 Å². The second-order valence-corrected chi connectivity index (χ2v) is 11.0. The first-order chi connectivity index (χ1) is 21.3. The number of hydrogen-bond donors (Lipinski definition) is 1. The molecule has 4 aromatic rings. The molecule has 2 amide bonds. The Morgan fingerprint density at radius 3 is 2.73 bits per heavy atom. The number of ether oxygens (including phenoxy) is 1. The maximum Gasteiger partial charge on any atom is 0.264 e. The van der Waals surface area contributed by atoms with E-state index in [-0.39, 0.29) is 31.6 Å². The van der Waals surface area contributed by atoms with Gasteiger partial charge in [0, 0.05) is 31.0 Å². The van der Waals surface area contributed by atoms with E-state index in [4.69, 9.17) is 4.74 Å². The molecule has 1 atom stereocenters. The summed E-state index contributed by atoms with van der Waals surface area (Å²) in [6, 6.07) is 9.12. The van der Waals surface area contributed by atoms with Crippen molar-refractivity contribution in [2.75, 3.05) is 32.8 Å². The molecule has 44 heavy (non-hydrogen) atoms. The molecule has 2 aliphatic rings. The lowest BCUT2D eigenvalue weighted by Crippen LogP contribution is -2.68. The number of hydrogen-bond acceptors (Lipinski definition) is 9. The lowest BCUT2D eigenvalue weighted by atomic mass is 9.92. The summed E-state index contributed by atoms with van der Waals surface area (Å²) < 4.78 is 24.7. The number of fused-ring (bicyclic) bond motifs is 1. The molecule has 4 aromatic heterocycles. The van der Waals surface area contributed by atoms with Gasteiger partial charge in [-0.25, -0.2) is 13.6 Å². The number of aliphatic hydroxyl groups excluding tert-OH is 1. The Kier molecular flexibility index (Phi) is 7.56. The Morgan fingerprint density at radius 2 is 2.07 bits per heavy atom. The van der Waals surface area contributed by atoms with Crippen molar-refractivity contribution in [3.05, 3.63) is 72.5 Å². The molecule has 2 saturated heterocycles. The molecule has 0 spiro atoms. The first-order valence-electron chi connectivity index (χ1n) is 14.2. The number of likely N-dealkylation sites (tertiary alicyclic amines) is 2. The van der Waals surface area contributed by atoms with Crippen molar-refractivity contribution in [3.63, 3.8) is 0 Å². The SMILES string of the molecule is C=CC(=O)N1CC(F)(C(=O)N2CCC(n3nnc(-c4cc(OC(CO)c5ccccn5)c5c(C#N)cnn5c4)c3C)CC2)C1. The Morgan fingerprint density at radius 1 is 1.30 bits per heavy atom. The highest BCUT2D eigenvalue weighted by molar-refractivity contribution is 5.93. The second kappa shape index (κ2) is 11.5. The number of aromatic nitrogens is 6. The van der Waals surface area contributed by atoms with Gasteiger partial charge in [-0.15, -0.1) is 5.10 Å². The standard InChI is InChI=1S/C30H30FN9O4/c1-3-26(42)38-17-30(31,18-38)29(43)37-10-7-22(8-11-37)40-19(2)27(35-36-40)20-12-24(28-21(13-32)14-34-39(28)15-20)44-25(16-41)23-6-4-5-9-33-23/h3-6,9,12,14-15,22,25,41H,1,7-8,10-11,16-18H2,2H3. The van der Waals surface area contributed by atoms with Gasteiger partial charge in [0.25, 0.3) is 5.91 Å². The van der Waals surface area contributed by atoms with E-state index in [1.807, 2.05) is 11.6 Å². The molecule has 0 bridgehead atoms. The van der Waals surface area contributed by atoms with Crippen molar-refractivity contribution >= 4 is 17.3 Å². The van der Waals surface area contributed by atoms with Gasteiger partial charge in [-0.1, -0.05) is 17.9 Å². The number of piperidine rings is 1. The first-order valence-corrected chi connectivity index (χ1v) is 14.2. The van der Waals surface area contributed by atoms with Crippen LogP contribution >= 0.6 is 0 Å². The summed E-state index contributed by atoms with van der Waals surface area (Å²) in [6.07, 6.45) is 6.23. The second-order valence-electron chi connectivity index (χ2n) is 11.0. The van der Waals surface area contributed by atoms with Crippen LogP contribution in [0.3, 0.4) is 0 Å². The number of alkyl halides is 1. The van der Waals surface area contributed by atoms with Gasteiger partial charge in [-0.2, -0.15) is 10.4 Å².